The highest BCUT2D eigenvalue weighted by Gasteiger charge is 1.76. The van der Waals surface area contributed by atoms with Crippen LogP contribution in [0.1, 0.15) is 19.5 Å². The highest BCUT2D eigenvalue weighted by Crippen LogP contribution is 1.77. The minimum Gasteiger partial charge on any atom is -0.198 e. The molecule has 10 heavy (non-hydrogen) atoms. The van der Waals surface area contributed by atoms with Crippen molar-refractivity contribution in [3.05, 3.63) is 25.0 Å². The zero-order valence-electron chi connectivity index (χ0n) is 6.89. The average molecular weight is 141 g/mol. The SMILES string of the molecule is C=C.CC.Cc1cn[nH]n1. The lowest BCUT2D eigenvalue weighted by atomic mass is 10.6. The van der Waals surface area contributed by atoms with Crippen LogP contribution in [0.15, 0.2) is 19.4 Å². The van der Waals surface area contributed by atoms with E-state index in [1.807, 2.05) is 20.8 Å². The van der Waals surface area contributed by atoms with Crippen LogP contribution in [-0.2, 0) is 0 Å². The van der Waals surface area contributed by atoms with Gasteiger partial charge in [-0.3, -0.25) is 0 Å². The Morgan fingerprint density at radius 1 is 1.40 bits per heavy atom. The van der Waals surface area contributed by atoms with E-state index in [0.29, 0.717) is 0 Å². The summed E-state index contributed by atoms with van der Waals surface area (Å²) < 4.78 is 0. The van der Waals surface area contributed by atoms with Crippen LogP contribution in [0.3, 0.4) is 0 Å². The molecule has 3 heteroatoms. The van der Waals surface area contributed by atoms with E-state index < -0.39 is 0 Å². The number of aromatic nitrogens is 3. The molecule has 0 aliphatic heterocycles. The molecule has 0 amide bonds. The summed E-state index contributed by atoms with van der Waals surface area (Å²) in [4.78, 5) is 0. The van der Waals surface area contributed by atoms with Crippen LogP contribution in [-0.4, -0.2) is 15.4 Å². The van der Waals surface area contributed by atoms with E-state index in [1.54, 1.807) is 6.20 Å². The van der Waals surface area contributed by atoms with Gasteiger partial charge in [0.25, 0.3) is 0 Å². The molecule has 0 aliphatic carbocycles. The molecule has 0 radical (unpaired) electrons. The van der Waals surface area contributed by atoms with Crippen LogP contribution >= 0.6 is 0 Å². The Balaban J connectivity index is 0. The van der Waals surface area contributed by atoms with Crippen LogP contribution < -0.4 is 0 Å². The van der Waals surface area contributed by atoms with Crippen molar-refractivity contribution >= 4 is 0 Å². The monoisotopic (exact) mass is 141 g/mol. The zero-order valence-corrected chi connectivity index (χ0v) is 6.89. The number of aryl methyl sites for hydroxylation is 1. The second-order valence-corrected chi connectivity index (χ2v) is 1.11. The minimum absolute atomic E-state index is 0.926. The summed E-state index contributed by atoms with van der Waals surface area (Å²) in [5.41, 5.74) is 0.926. The normalized spacial score (nSPS) is 6.30. The lowest BCUT2D eigenvalue weighted by Gasteiger charge is -1.62. The molecule has 0 saturated carbocycles. The van der Waals surface area contributed by atoms with Gasteiger partial charge in [0.1, 0.15) is 0 Å². The van der Waals surface area contributed by atoms with Crippen molar-refractivity contribution in [2.45, 2.75) is 20.8 Å². The molecule has 1 rings (SSSR count). The van der Waals surface area contributed by atoms with Gasteiger partial charge in [-0.25, -0.2) is 0 Å². The van der Waals surface area contributed by atoms with Crippen molar-refractivity contribution in [2.24, 2.45) is 0 Å². The lowest BCUT2D eigenvalue weighted by Crippen LogP contribution is -1.66. The predicted molar refractivity (Wildman–Crippen MR) is 43.7 cm³/mol. The summed E-state index contributed by atoms with van der Waals surface area (Å²) in [6.45, 7) is 11.9. The molecule has 58 valence electrons. The topological polar surface area (TPSA) is 41.6 Å². The van der Waals surface area contributed by atoms with Gasteiger partial charge in [0.05, 0.1) is 11.9 Å². The third-order valence-electron chi connectivity index (χ3n) is 0.535. The van der Waals surface area contributed by atoms with E-state index in [9.17, 15) is 0 Å². The molecule has 0 atom stereocenters. The van der Waals surface area contributed by atoms with Gasteiger partial charge in [-0.2, -0.15) is 15.4 Å². The van der Waals surface area contributed by atoms with Crippen LogP contribution in [0.5, 0.6) is 0 Å². The third kappa shape index (κ3) is 6.88. The van der Waals surface area contributed by atoms with Crippen molar-refractivity contribution in [2.75, 3.05) is 0 Å². The molecule has 3 nitrogen and oxygen atoms in total. The minimum atomic E-state index is 0.926. The Morgan fingerprint density at radius 2 is 1.90 bits per heavy atom. The summed E-state index contributed by atoms with van der Waals surface area (Å²) >= 11 is 0. The van der Waals surface area contributed by atoms with E-state index in [4.69, 9.17) is 0 Å². The molecule has 1 aromatic rings. The molecule has 0 aromatic carbocycles. The van der Waals surface area contributed by atoms with Gasteiger partial charge in [-0.15, -0.1) is 13.2 Å². The fourth-order valence-electron chi connectivity index (χ4n) is 0.259. The Kier molecular flexibility index (Phi) is 12.6. The Bertz CT molecular complexity index is 123. The first kappa shape index (κ1) is 11.6. The number of hydrogen-bond donors (Lipinski definition) is 1. The first-order valence-electron chi connectivity index (χ1n) is 3.22. The molecule has 1 N–H and O–H groups in total. The molecule has 0 bridgehead atoms. The first-order valence-corrected chi connectivity index (χ1v) is 3.22. The van der Waals surface area contributed by atoms with E-state index in [1.165, 1.54) is 0 Å². The van der Waals surface area contributed by atoms with Crippen molar-refractivity contribution in [1.82, 2.24) is 15.4 Å². The van der Waals surface area contributed by atoms with E-state index >= 15 is 0 Å². The second-order valence-electron chi connectivity index (χ2n) is 1.11. The summed E-state index contributed by atoms with van der Waals surface area (Å²) in [6.07, 6.45) is 1.67. The van der Waals surface area contributed by atoms with Gasteiger partial charge in [0, 0.05) is 0 Å². The fraction of sp³-hybridized carbons (Fsp3) is 0.429. The maximum absolute atomic E-state index is 3.68. The molecule has 0 aliphatic rings. The number of nitrogens with zero attached hydrogens (tertiary/aromatic N) is 2. The molecule has 0 fully saturated rings. The Morgan fingerprint density at radius 3 is 2.00 bits per heavy atom. The summed E-state index contributed by atoms with van der Waals surface area (Å²) in [6, 6.07) is 0. The molecule has 1 heterocycles. The van der Waals surface area contributed by atoms with Gasteiger partial charge in [-0.05, 0) is 6.92 Å². The van der Waals surface area contributed by atoms with Crippen molar-refractivity contribution < 1.29 is 0 Å². The van der Waals surface area contributed by atoms with Crippen molar-refractivity contribution in [3.63, 3.8) is 0 Å². The number of H-pyrrole nitrogens is 1. The fourth-order valence-corrected chi connectivity index (χ4v) is 0.259. The number of nitrogens with one attached hydrogen (secondary N) is 1. The number of rotatable bonds is 0. The van der Waals surface area contributed by atoms with Crippen molar-refractivity contribution in [1.29, 1.82) is 0 Å². The molecular weight excluding hydrogens is 126 g/mol. The van der Waals surface area contributed by atoms with Crippen molar-refractivity contribution in [3.8, 4) is 0 Å². The van der Waals surface area contributed by atoms with Gasteiger partial charge in [-0.1, -0.05) is 13.8 Å². The van der Waals surface area contributed by atoms with E-state index in [-0.39, 0.29) is 0 Å². The van der Waals surface area contributed by atoms with E-state index in [2.05, 4.69) is 28.6 Å². The standard InChI is InChI=1S/C3H5N3.C2H6.C2H4/c1-3-2-4-6-5-3;2*1-2/h2H,1H3,(H,4,5,6);1-2H3;1-2H2. The molecule has 0 unspecified atom stereocenters. The summed E-state index contributed by atoms with van der Waals surface area (Å²) in [5, 5.41) is 9.70. The smallest absolute Gasteiger partial charge is 0.0793 e. The third-order valence-corrected chi connectivity index (χ3v) is 0.535. The molecular formula is C7H15N3. The first-order chi connectivity index (χ1) is 4.89. The summed E-state index contributed by atoms with van der Waals surface area (Å²) in [5.74, 6) is 0. The van der Waals surface area contributed by atoms with Crippen LogP contribution in [0, 0.1) is 6.92 Å². The van der Waals surface area contributed by atoms with Gasteiger partial charge in [0.15, 0.2) is 0 Å². The zero-order chi connectivity index (χ0) is 8.41. The average Bonchev–Trinajstić information content (AvgIpc) is 2.48. The van der Waals surface area contributed by atoms with Gasteiger partial charge in [0.2, 0.25) is 0 Å². The molecule has 0 spiro atoms. The van der Waals surface area contributed by atoms with Crippen LogP contribution in [0.25, 0.3) is 0 Å². The summed E-state index contributed by atoms with van der Waals surface area (Å²) in [7, 11) is 0. The highest BCUT2D eigenvalue weighted by molar-refractivity contribution is 4.82. The largest absolute Gasteiger partial charge is 0.198 e. The maximum Gasteiger partial charge on any atom is 0.0793 e. The Labute approximate surface area is 62.2 Å². The number of aromatic amines is 1. The quantitative estimate of drug-likeness (QED) is 0.561. The van der Waals surface area contributed by atoms with Crippen LogP contribution in [0.4, 0.5) is 0 Å². The highest BCUT2D eigenvalue weighted by atomic mass is 15.3. The second kappa shape index (κ2) is 10.8. The molecule has 1 aromatic heterocycles. The Hall–Kier alpha value is -1.12. The van der Waals surface area contributed by atoms with E-state index in [0.717, 1.165) is 5.69 Å². The predicted octanol–water partition coefficient (Wildman–Crippen LogP) is 1.94. The molecule has 0 saturated heterocycles. The maximum atomic E-state index is 3.68. The van der Waals surface area contributed by atoms with Gasteiger partial charge >= 0.3 is 0 Å². The van der Waals surface area contributed by atoms with Gasteiger partial charge < -0.3 is 0 Å². The van der Waals surface area contributed by atoms with Crippen LogP contribution in [0.2, 0.25) is 0 Å². The lowest BCUT2D eigenvalue weighted by molar-refractivity contribution is 0.928. The number of hydrogen-bond acceptors (Lipinski definition) is 2.